The van der Waals surface area contributed by atoms with Crippen molar-refractivity contribution in [2.45, 2.75) is 0 Å². The monoisotopic (exact) mass is 447 g/mol. The molecule has 0 saturated heterocycles. The molecule has 0 N–H and O–H groups in total. The van der Waals surface area contributed by atoms with Gasteiger partial charge in [0.2, 0.25) is 0 Å². The van der Waals surface area contributed by atoms with E-state index in [0.29, 0.717) is 0 Å². The van der Waals surface area contributed by atoms with Crippen LogP contribution in [-0.4, -0.2) is 14.4 Å². The van der Waals surface area contributed by atoms with Crippen LogP contribution in [0.3, 0.4) is 0 Å². The van der Waals surface area contributed by atoms with Gasteiger partial charge in [0, 0.05) is 45.2 Å². The highest BCUT2D eigenvalue weighted by molar-refractivity contribution is 6.19. The van der Waals surface area contributed by atoms with Gasteiger partial charge in [-0.1, -0.05) is 109 Å². The predicted octanol–water partition coefficient (Wildman–Crippen LogP) is 8.04. The molecule has 7 rings (SSSR count). The maximum absolute atomic E-state index is 5.28. The van der Waals surface area contributed by atoms with E-state index >= 15 is 0 Å². The van der Waals surface area contributed by atoms with E-state index in [0.717, 1.165) is 61.0 Å². The van der Waals surface area contributed by atoms with Gasteiger partial charge < -0.3 is 4.40 Å². The fourth-order valence-corrected chi connectivity index (χ4v) is 4.97. The lowest BCUT2D eigenvalue weighted by molar-refractivity contribution is 1.20. The molecule has 3 aromatic heterocycles. The summed E-state index contributed by atoms with van der Waals surface area (Å²) >= 11 is 0. The minimum atomic E-state index is 0.941. The summed E-state index contributed by atoms with van der Waals surface area (Å²) < 4.78 is 2.13. The van der Waals surface area contributed by atoms with E-state index in [1.165, 1.54) is 0 Å². The van der Waals surface area contributed by atoms with Crippen molar-refractivity contribution in [2.24, 2.45) is 0 Å². The Morgan fingerprint density at radius 1 is 0.514 bits per heavy atom. The molecule has 3 nitrogen and oxygen atoms in total. The van der Waals surface area contributed by atoms with E-state index in [1.54, 1.807) is 0 Å². The van der Waals surface area contributed by atoms with Crippen molar-refractivity contribution in [2.75, 3.05) is 0 Å². The molecule has 7 aromatic rings. The Morgan fingerprint density at radius 2 is 1.17 bits per heavy atom. The van der Waals surface area contributed by atoms with Gasteiger partial charge in [-0.25, -0.2) is 9.97 Å². The van der Waals surface area contributed by atoms with Crippen LogP contribution in [0.2, 0.25) is 0 Å². The van der Waals surface area contributed by atoms with Crippen molar-refractivity contribution in [1.29, 1.82) is 0 Å². The zero-order valence-corrected chi connectivity index (χ0v) is 19.0. The molecule has 0 spiro atoms. The average molecular weight is 448 g/mol. The largest absolute Gasteiger partial charge is 0.306 e. The van der Waals surface area contributed by atoms with Crippen LogP contribution in [0.15, 0.2) is 128 Å². The van der Waals surface area contributed by atoms with Gasteiger partial charge in [0.25, 0.3) is 0 Å². The molecule has 0 bridgehead atoms. The van der Waals surface area contributed by atoms with Crippen LogP contribution in [0.5, 0.6) is 0 Å². The third-order valence-corrected chi connectivity index (χ3v) is 6.61. The van der Waals surface area contributed by atoms with Crippen LogP contribution in [0.1, 0.15) is 0 Å². The number of pyridine rings is 2. The minimum absolute atomic E-state index is 0.941. The van der Waals surface area contributed by atoms with E-state index < -0.39 is 0 Å². The molecular weight excluding hydrogens is 426 g/mol. The summed E-state index contributed by atoms with van der Waals surface area (Å²) in [4.78, 5) is 10.4. The summed E-state index contributed by atoms with van der Waals surface area (Å²) in [5.74, 6) is 0. The number of hydrogen-bond acceptors (Lipinski definition) is 2. The molecule has 0 aliphatic rings. The Hall–Kier alpha value is -4.76. The van der Waals surface area contributed by atoms with Crippen LogP contribution >= 0.6 is 0 Å². The fraction of sp³-hybridized carbons (Fsp3) is 0. The van der Waals surface area contributed by atoms with Crippen molar-refractivity contribution < 1.29 is 0 Å². The molecule has 3 heteroatoms. The molecule has 0 aliphatic heterocycles. The molecular formula is C32H21N3. The van der Waals surface area contributed by atoms with Gasteiger partial charge in [0.05, 0.1) is 16.9 Å². The molecule has 0 aliphatic carbocycles. The highest BCUT2D eigenvalue weighted by Gasteiger charge is 2.17. The highest BCUT2D eigenvalue weighted by atomic mass is 15.0. The zero-order valence-electron chi connectivity index (χ0n) is 19.0. The second-order valence-corrected chi connectivity index (χ2v) is 8.72. The molecule has 164 valence electrons. The average Bonchev–Trinajstić information content (AvgIpc) is 3.38. The summed E-state index contributed by atoms with van der Waals surface area (Å²) in [7, 11) is 0. The van der Waals surface area contributed by atoms with Crippen LogP contribution in [0, 0.1) is 0 Å². The quantitative estimate of drug-likeness (QED) is 0.257. The summed E-state index contributed by atoms with van der Waals surface area (Å²) in [6, 6.07) is 39.9. The van der Waals surface area contributed by atoms with Crippen LogP contribution < -0.4 is 0 Å². The number of imidazole rings is 1. The lowest BCUT2D eigenvalue weighted by Gasteiger charge is -2.14. The van der Waals surface area contributed by atoms with E-state index in [-0.39, 0.29) is 0 Å². The first-order valence-corrected chi connectivity index (χ1v) is 11.8. The van der Waals surface area contributed by atoms with Crippen LogP contribution in [-0.2, 0) is 0 Å². The Labute approximate surface area is 203 Å². The molecule has 0 amide bonds. The Kier molecular flexibility index (Phi) is 4.46. The molecule has 35 heavy (non-hydrogen) atoms. The standard InChI is InChI=1S/C32H21N3/c1-4-11-22(12-5-1)25-17-10-18-26-29-27(30(34-31(25)26)24-15-8-3-9-16-24)19-20-35-21-28(33-32(29)35)23-13-6-2-7-14-23/h1-21H. The summed E-state index contributed by atoms with van der Waals surface area (Å²) in [6.07, 6.45) is 4.21. The summed E-state index contributed by atoms with van der Waals surface area (Å²) in [6.45, 7) is 0. The second kappa shape index (κ2) is 7.93. The first kappa shape index (κ1) is 19.7. The van der Waals surface area contributed by atoms with Crippen molar-refractivity contribution in [3.63, 3.8) is 0 Å². The van der Waals surface area contributed by atoms with E-state index in [9.17, 15) is 0 Å². The third kappa shape index (κ3) is 3.21. The Bertz CT molecular complexity index is 1820. The molecule has 0 saturated carbocycles. The second-order valence-electron chi connectivity index (χ2n) is 8.72. The molecule has 0 atom stereocenters. The van der Waals surface area contributed by atoms with E-state index in [4.69, 9.17) is 9.97 Å². The van der Waals surface area contributed by atoms with Crippen molar-refractivity contribution >= 4 is 27.3 Å². The van der Waals surface area contributed by atoms with Gasteiger partial charge >= 0.3 is 0 Å². The predicted molar refractivity (Wildman–Crippen MR) is 144 cm³/mol. The summed E-state index contributed by atoms with van der Waals surface area (Å²) in [5.41, 5.74) is 8.35. The SMILES string of the molecule is c1ccc(-c2cn3ccc4c(-c5ccccc5)nc5c(-c6ccccc6)cccc5c4c3n2)cc1. The van der Waals surface area contributed by atoms with Gasteiger partial charge in [-0.05, 0) is 11.6 Å². The molecule has 4 aromatic carbocycles. The van der Waals surface area contributed by atoms with Gasteiger partial charge in [-0.2, -0.15) is 0 Å². The normalized spacial score (nSPS) is 11.4. The highest BCUT2D eigenvalue weighted by Crippen LogP contribution is 2.38. The molecule has 0 fully saturated rings. The number of nitrogens with zero attached hydrogens (tertiary/aromatic N) is 3. The lowest BCUT2D eigenvalue weighted by atomic mass is 9.96. The number of hydrogen-bond donors (Lipinski definition) is 0. The molecule has 3 heterocycles. The number of rotatable bonds is 3. The fourth-order valence-electron chi connectivity index (χ4n) is 4.97. The van der Waals surface area contributed by atoms with Crippen LogP contribution in [0.4, 0.5) is 0 Å². The van der Waals surface area contributed by atoms with Gasteiger partial charge in [0.1, 0.15) is 5.65 Å². The molecule has 0 radical (unpaired) electrons. The van der Waals surface area contributed by atoms with Gasteiger partial charge in [0.15, 0.2) is 0 Å². The number of aromatic nitrogens is 3. The topological polar surface area (TPSA) is 30.2 Å². The lowest BCUT2D eigenvalue weighted by Crippen LogP contribution is -1.95. The van der Waals surface area contributed by atoms with Gasteiger partial charge in [-0.3, -0.25) is 0 Å². The number of fused-ring (bicyclic) bond motifs is 5. The number of para-hydroxylation sites is 1. The van der Waals surface area contributed by atoms with Crippen molar-refractivity contribution in [3.8, 4) is 33.6 Å². The Balaban J connectivity index is 1.64. The van der Waals surface area contributed by atoms with Gasteiger partial charge in [-0.15, -0.1) is 0 Å². The number of benzene rings is 4. The first-order valence-electron chi connectivity index (χ1n) is 11.8. The smallest absolute Gasteiger partial charge is 0.146 e. The van der Waals surface area contributed by atoms with E-state index in [1.807, 2.05) is 18.2 Å². The summed E-state index contributed by atoms with van der Waals surface area (Å²) in [5, 5.41) is 3.33. The maximum Gasteiger partial charge on any atom is 0.146 e. The first-order chi connectivity index (χ1) is 17.4. The zero-order chi connectivity index (χ0) is 23.2. The Morgan fingerprint density at radius 3 is 1.89 bits per heavy atom. The maximum atomic E-state index is 5.28. The van der Waals surface area contributed by atoms with Crippen molar-refractivity contribution in [3.05, 3.63) is 128 Å². The third-order valence-electron chi connectivity index (χ3n) is 6.61. The molecule has 0 unspecified atom stereocenters. The van der Waals surface area contributed by atoms with Crippen LogP contribution in [0.25, 0.3) is 61.0 Å². The van der Waals surface area contributed by atoms with Crippen molar-refractivity contribution in [1.82, 2.24) is 14.4 Å². The minimum Gasteiger partial charge on any atom is -0.306 e. The van der Waals surface area contributed by atoms with E-state index in [2.05, 4.69) is 114 Å².